The molecule has 3 aromatic heterocycles. The SMILES string of the molecule is CCNC(=NCCc1ncc(CC)s1)NCCc1nc(-c2ccco2)n[nH]1.I. The van der Waals surface area contributed by atoms with Crippen molar-refractivity contribution in [2.24, 2.45) is 4.99 Å². The number of aromatic amines is 1. The van der Waals surface area contributed by atoms with Crippen LogP contribution in [0.25, 0.3) is 11.6 Å². The van der Waals surface area contributed by atoms with Crippen LogP contribution >= 0.6 is 35.3 Å². The number of aromatic nitrogens is 4. The number of thiazole rings is 1. The maximum atomic E-state index is 5.30. The van der Waals surface area contributed by atoms with E-state index in [1.54, 1.807) is 17.6 Å². The van der Waals surface area contributed by atoms with Crippen molar-refractivity contribution >= 4 is 41.3 Å². The number of nitrogens with zero attached hydrogens (tertiary/aromatic N) is 4. The van der Waals surface area contributed by atoms with E-state index >= 15 is 0 Å². The highest BCUT2D eigenvalue weighted by Gasteiger charge is 2.08. The van der Waals surface area contributed by atoms with E-state index in [0.29, 0.717) is 31.1 Å². The summed E-state index contributed by atoms with van der Waals surface area (Å²) in [5.74, 6) is 2.84. The number of H-pyrrole nitrogens is 1. The summed E-state index contributed by atoms with van der Waals surface area (Å²) in [7, 11) is 0. The van der Waals surface area contributed by atoms with Gasteiger partial charge in [-0.15, -0.1) is 35.3 Å². The van der Waals surface area contributed by atoms with Crippen LogP contribution in [0.1, 0.15) is 29.6 Å². The predicted molar refractivity (Wildman–Crippen MR) is 122 cm³/mol. The first kappa shape index (κ1) is 22.3. The summed E-state index contributed by atoms with van der Waals surface area (Å²) >= 11 is 1.77. The molecule has 3 heterocycles. The molecule has 28 heavy (non-hydrogen) atoms. The van der Waals surface area contributed by atoms with E-state index in [4.69, 9.17) is 4.42 Å². The van der Waals surface area contributed by atoms with Gasteiger partial charge in [-0.3, -0.25) is 10.1 Å². The van der Waals surface area contributed by atoms with Crippen LogP contribution in [-0.2, 0) is 19.3 Å². The molecule has 0 bridgehead atoms. The average Bonchev–Trinajstić information content (AvgIpc) is 3.43. The molecule has 152 valence electrons. The minimum atomic E-state index is 0. The van der Waals surface area contributed by atoms with Gasteiger partial charge in [0.25, 0.3) is 0 Å². The van der Waals surface area contributed by atoms with E-state index in [0.717, 1.165) is 36.2 Å². The molecule has 3 aromatic rings. The summed E-state index contributed by atoms with van der Waals surface area (Å²) < 4.78 is 5.30. The third-order valence-electron chi connectivity index (χ3n) is 3.82. The van der Waals surface area contributed by atoms with Gasteiger partial charge in [-0.25, -0.2) is 9.97 Å². The molecule has 3 rings (SSSR count). The van der Waals surface area contributed by atoms with Gasteiger partial charge in [0.1, 0.15) is 5.82 Å². The summed E-state index contributed by atoms with van der Waals surface area (Å²) in [4.78, 5) is 14.8. The lowest BCUT2D eigenvalue weighted by Gasteiger charge is -2.10. The molecule has 10 heteroatoms. The zero-order chi connectivity index (χ0) is 18.9. The molecule has 8 nitrogen and oxygen atoms in total. The Labute approximate surface area is 185 Å². The van der Waals surface area contributed by atoms with Crippen LogP contribution in [0.3, 0.4) is 0 Å². The zero-order valence-corrected chi connectivity index (χ0v) is 19.2. The topological polar surface area (TPSA) is 104 Å². The van der Waals surface area contributed by atoms with E-state index in [-0.39, 0.29) is 24.0 Å². The largest absolute Gasteiger partial charge is 0.461 e. The van der Waals surface area contributed by atoms with E-state index in [1.807, 2.05) is 18.3 Å². The maximum absolute atomic E-state index is 5.30. The van der Waals surface area contributed by atoms with Crippen LogP contribution in [0.2, 0.25) is 0 Å². The first-order valence-corrected chi connectivity index (χ1v) is 10.0. The quantitative estimate of drug-likeness (QED) is 0.230. The number of aryl methyl sites for hydroxylation is 1. The second-order valence-corrected chi connectivity index (χ2v) is 7.04. The molecule has 0 radical (unpaired) electrons. The second kappa shape index (κ2) is 11.8. The second-order valence-electron chi connectivity index (χ2n) is 5.84. The van der Waals surface area contributed by atoms with Crippen molar-refractivity contribution in [2.75, 3.05) is 19.6 Å². The number of furan rings is 1. The third-order valence-corrected chi connectivity index (χ3v) is 5.02. The summed E-state index contributed by atoms with van der Waals surface area (Å²) in [6, 6.07) is 3.66. The molecule has 0 fully saturated rings. The van der Waals surface area contributed by atoms with Crippen LogP contribution in [0.4, 0.5) is 0 Å². The average molecular weight is 515 g/mol. The Balaban J connectivity index is 0.00000280. The monoisotopic (exact) mass is 515 g/mol. The number of guanidine groups is 1. The molecule has 0 aliphatic rings. The van der Waals surface area contributed by atoms with Crippen LogP contribution in [0.15, 0.2) is 34.0 Å². The predicted octanol–water partition coefficient (Wildman–Crippen LogP) is 3.04. The lowest BCUT2D eigenvalue weighted by Crippen LogP contribution is -2.38. The molecule has 0 amide bonds. The highest BCUT2D eigenvalue weighted by Crippen LogP contribution is 2.14. The Kier molecular flexibility index (Phi) is 9.41. The van der Waals surface area contributed by atoms with E-state index in [9.17, 15) is 0 Å². The van der Waals surface area contributed by atoms with Crippen LogP contribution in [0.5, 0.6) is 0 Å². The van der Waals surface area contributed by atoms with Crippen molar-refractivity contribution in [1.29, 1.82) is 0 Å². The molecular formula is C18H26IN7OS. The number of halogens is 1. The molecule has 3 N–H and O–H groups in total. The Morgan fingerprint density at radius 1 is 1.29 bits per heavy atom. The van der Waals surface area contributed by atoms with Gasteiger partial charge in [0.2, 0.25) is 5.82 Å². The lowest BCUT2D eigenvalue weighted by molar-refractivity contribution is 0.577. The van der Waals surface area contributed by atoms with Gasteiger partial charge < -0.3 is 15.1 Å². The fourth-order valence-electron chi connectivity index (χ4n) is 2.45. The van der Waals surface area contributed by atoms with Gasteiger partial charge in [-0.2, -0.15) is 5.10 Å². The number of rotatable bonds is 9. The molecule has 0 saturated heterocycles. The first-order valence-electron chi connectivity index (χ1n) is 9.19. The van der Waals surface area contributed by atoms with Crippen LogP contribution in [0, 0.1) is 0 Å². The summed E-state index contributed by atoms with van der Waals surface area (Å²) in [5.41, 5.74) is 0. The van der Waals surface area contributed by atoms with E-state index in [1.165, 1.54) is 4.88 Å². The summed E-state index contributed by atoms with van der Waals surface area (Å²) in [6.45, 7) is 6.42. The van der Waals surface area contributed by atoms with Gasteiger partial charge in [0.05, 0.1) is 11.3 Å². The van der Waals surface area contributed by atoms with Crippen molar-refractivity contribution in [3.05, 3.63) is 40.3 Å². The molecule has 0 aliphatic heterocycles. The Hall–Kier alpha value is -1.95. The molecule has 0 saturated carbocycles. The summed E-state index contributed by atoms with van der Waals surface area (Å²) in [5, 5.41) is 14.8. The Morgan fingerprint density at radius 2 is 2.18 bits per heavy atom. The van der Waals surface area contributed by atoms with Crippen LogP contribution in [-0.4, -0.2) is 45.8 Å². The highest BCUT2D eigenvalue weighted by atomic mass is 127. The van der Waals surface area contributed by atoms with Crippen LogP contribution < -0.4 is 10.6 Å². The smallest absolute Gasteiger partial charge is 0.216 e. The standard InChI is InChI=1S/C18H25N7OS.HI/c1-3-13-12-22-16(27-13)8-10-21-18(19-4-2)20-9-7-15-23-17(25-24-15)14-6-5-11-26-14;/h5-6,11-12H,3-4,7-10H2,1-2H3,(H2,19,20,21)(H,23,24,25);1H. The Morgan fingerprint density at radius 3 is 2.89 bits per heavy atom. The molecule has 0 atom stereocenters. The van der Waals surface area contributed by atoms with Gasteiger partial charge in [0, 0.05) is 43.5 Å². The molecule has 0 aliphatic carbocycles. The number of aliphatic imine (C=N–C) groups is 1. The van der Waals surface area contributed by atoms with Gasteiger partial charge >= 0.3 is 0 Å². The van der Waals surface area contributed by atoms with Crippen molar-refractivity contribution in [1.82, 2.24) is 30.8 Å². The summed E-state index contributed by atoms with van der Waals surface area (Å²) in [6.07, 6.45) is 6.18. The van der Waals surface area contributed by atoms with Gasteiger partial charge in [-0.05, 0) is 25.5 Å². The van der Waals surface area contributed by atoms with E-state index in [2.05, 4.69) is 49.6 Å². The maximum Gasteiger partial charge on any atom is 0.216 e. The molecule has 0 aromatic carbocycles. The number of nitrogens with one attached hydrogen (secondary N) is 3. The fourth-order valence-corrected chi connectivity index (χ4v) is 3.31. The normalized spacial score (nSPS) is 11.3. The minimum Gasteiger partial charge on any atom is -0.461 e. The molecular weight excluding hydrogens is 489 g/mol. The number of hydrogen-bond donors (Lipinski definition) is 3. The van der Waals surface area contributed by atoms with Gasteiger partial charge in [-0.1, -0.05) is 6.92 Å². The first-order chi connectivity index (χ1) is 13.3. The van der Waals surface area contributed by atoms with Crippen molar-refractivity contribution in [3.63, 3.8) is 0 Å². The molecule has 0 unspecified atom stereocenters. The third kappa shape index (κ3) is 6.59. The molecule has 0 spiro atoms. The van der Waals surface area contributed by atoms with Crippen molar-refractivity contribution in [3.8, 4) is 11.6 Å². The number of hydrogen-bond acceptors (Lipinski definition) is 6. The minimum absolute atomic E-state index is 0. The zero-order valence-electron chi connectivity index (χ0n) is 16.1. The van der Waals surface area contributed by atoms with E-state index < -0.39 is 0 Å². The van der Waals surface area contributed by atoms with Crippen molar-refractivity contribution < 1.29 is 4.42 Å². The van der Waals surface area contributed by atoms with Gasteiger partial charge in [0.15, 0.2) is 11.7 Å². The highest BCUT2D eigenvalue weighted by molar-refractivity contribution is 14.0. The Bertz CT molecular complexity index is 844. The fraction of sp³-hybridized carbons (Fsp3) is 0.444. The van der Waals surface area contributed by atoms with Crippen molar-refractivity contribution in [2.45, 2.75) is 33.1 Å². The lowest BCUT2D eigenvalue weighted by atomic mass is 10.4.